The van der Waals surface area contributed by atoms with E-state index in [1.807, 2.05) is 0 Å². The van der Waals surface area contributed by atoms with Crippen LogP contribution in [0.25, 0.3) is 0 Å². The fraction of sp³-hybridized carbons (Fsp3) is 0.833. The number of alkyl carbamates (subject to hydrolysis) is 1. The number of hydrogen-bond acceptors (Lipinski definition) is 3. The summed E-state index contributed by atoms with van der Waals surface area (Å²) in [7, 11) is 0. The van der Waals surface area contributed by atoms with E-state index in [1.54, 1.807) is 20.8 Å². The van der Waals surface area contributed by atoms with Crippen LogP contribution in [0.5, 0.6) is 0 Å². The molecule has 1 N–H and O–H groups in total. The molecule has 0 spiro atoms. The summed E-state index contributed by atoms with van der Waals surface area (Å²) in [5, 5.41) is 2.64. The molecule has 4 nitrogen and oxygen atoms in total. The molecule has 0 bridgehead atoms. The summed E-state index contributed by atoms with van der Waals surface area (Å²) < 4.78 is 18.2. The SMILES string of the molecule is CC(C)(C)OC(=O)N[C@H]1CC[C@H](F)CC1C=O. The number of nitrogens with one attached hydrogen (secondary N) is 1. The van der Waals surface area contributed by atoms with Crippen LogP contribution in [0.3, 0.4) is 0 Å². The zero-order valence-corrected chi connectivity index (χ0v) is 10.5. The van der Waals surface area contributed by atoms with Crippen LogP contribution in [0.15, 0.2) is 0 Å². The molecule has 0 heterocycles. The molecule has 1 fully saturated rings. The quantitative estimate of drug-likeness (QED) is 0.759. The molecule has 1 amide bonds. The highest BCUT2D eigenvalue weighted by molar-refractivity contribution is 5.69. The van der Waals surface area contributed by atoms with Gasteiger partial charge in [0.1, 0.15) is 18.1 Å². The second kappa shape index (κ2) is 5.47. The van der Waals surface area contributed by atoms with E-state index in [4.69, 9.17) is 4.74 Å². The molecule has 0 aromatic carbocycles. The van der Waals surface area contributed by atoms with Crippen molar-refractivity contribution < 1.29 is 18.7 Å². The first-order valence-electron chi connectivity index (χ1n) is 5.90. The molecule has 98 valence electrons. The standard InChI is InChI=1S/C12H20FNO3/c1-12(2,3)17-11(16)14-10-5-4-9(13)6-8(10)7-15/h7-10H,4-6H2,1-3H3,(H,14,16)/t8?,9-,10-/m0/s1. The van der Waals surface area contributed by atoms with E-state index < -0.39 is 23.8 Å². The highest BCUT2D eigenvalue weighted by Gasteiger charge is 2.32. The average molecular weight is 245 g/mol. The van der Waals surface area contributed by atoms with Crippen LogP contribution < -0.4 is 5.32 Å². The summed E-state index contributed by atoms with van der Waals surface area (Å²) in [5.74, 6) is -0.453. The van der Waals surface area contributed by atoms with Crippen molar-refractivity contribution >= 4 is 12.4 Å². The average Bonchev–Trinajstić information content (AvgIpc) is 2.17. The van der Waals surface area contributed by atoms with E-state index in [0.717, 1.165) is 0 Å². The lowest BCUT2D eigenvalue weighted by Gasteiger charge is -2.31. The van der Waals surface area contributed by atoms with Crippen LogP contribution in [-0.4, -0.2) is 30.2 Å². The Morgan fingerprint density at radius 2 is 2.06 bits per heavy atom. The van der Waals surface area contributed by atoms with Crippen molar-refractivity contribution in [1.82, 2.24) is 5.32 Å². The number of rotatable bonds is 2. The first-order valence-corrected chi connectivity index (χ1v) is 5.90. The fourth-order valence-corrected chi connectivity index (χ4v) is 1.94. The van der Waals surface area contributed by atoms with Gasteiger partial charge in [0.05, 0.1) is 0 Å². The maximum Gasteiger partial charge on any atom is 0.407 e. The van der Waals surface area contributed by atoms with Crippen LogP contribution in [0.4, 0.5) is 9.18 Å². The summed E-state index contributed by atoms with van der Waals surface area (Å²) in [5.41, 5.74) is -0.571. The third kappa shape index (κ3) is 4.71. The van der Waals surface area contributed by atoms with Crippen LogP contribution in [0, 0.1) is 5.92 Å². The molecule has 0 aromatic heterocycles. The molecule has 0 radical (unpaired) electrons. The van der Waals surface area contributed by atoms with Crippen molar-refractivity contribution in [3.63, 3.8) is 0 Å². The molecule has 0 aromatic rings. The number of hydrogen-bond donors (Lipinski definition) is 1. The molecule has 1 unspecified atom stereocenters. The van der Waals surface area contributed by atoms with Crippen molar-refractivity contribution in [1.29, 1.82) is 0 Å². The van der Waals surface area contributed by atoms with Crippen LogP contribution in [-0.2, 0) is 9.53 Å². The number of alkyl halides is 1. The molecule has 17 heavy (non-hydrogen) atoms. The van der Waals surface area contributed by atoms with Gasteiger partial charge in [0.25, 0.3) is 0 Å². The Morgan fingerprint density at radius 1 is 1.41 bits per heavy atom. The number of aldehydes is 1. The lowest BCUT2D eigenvalue weighted by molar-refractivity contribution is -0.113. The van der Waals surface area contributed by atoms with Gasteiger partial charge in [-0.3, -0.25) is 0 Å². The van der Waals surface area contributed by atoms with Crippen LogP contribution in [0.1, 0.15) is 40.0 Å². The molecular weight excluding hydrogens is 225 g/mol. The van der Waals surface area contributed by atoms with Gasteiger partial charge >= 0.3 is 6.09 Å². The highest BCUT2D eigenvalue weighted by atomic mass is 19.1. The van der Waals surface area contributed by atoms with Gasteiger partial charge in [0.15, 0.2) is 0 Å². The third-order valence-electron chi connectivity index (χ3n) is 2.71. The maximum absolute atomic E-state index is 13.1. The van der Waals surface area contributed by atoms with E-state index in [2.05, 4.69) is 5.32 Å². The molecule has 1 saturated carbocycles. The molecular formula is C12H20FNO3. The second-order valence-electron chi connectivity index (χ2n) is 5.46. The van der Waals surface area contributed by atoms with Crippen LogP contribution >= 0.6 is 0 Å². The van der Waals surface area contributed by atoms with Gasteiger partial charge in [-0.1, -0.05) is 0 Å². The Kier molecular flexibility index (Phi) is 4.48. The smallest absolute Gasteiger partial charge is 0.407 e. The summed E-state index contributed by atoms with van der Waals surface area (Å²) >= 11 is 0. The second-order valence-corrected chi connectivity index (χ2v) is 5.46. The zero-order chi connectivity index (χ0) is 13.1. The van der Waals surface area contributed by atoms with Gasteiger partial charge < -0.3 is 14.8 Å². The topological polar surface area (TPSA) is 55.4 Å². The van der Waals surface area contributed by atoms with Crippen molar-refractivity contribution in [2.45, 2.75) is 57.8 Å². The minimum absolute atomic E-state index is 0.184. The fourth-order valence-electron chi connectivity index (χ4n) is 1.94. The Labute approximate surface area is 101 Å². The molecule has 0 aliphatic heterocycles. The van der Waals surface area contributed by atoms with Crippen molar-refractivity contribution in [3.05, 3.63) is 0 Å². The number of ether oxygens (including phenoxy) is 1. The monoisotopic (exact) mass is 245 g/mol. The summed E-state index contributed by atoms with van der Waals surface area (Å²) in [4.78, 5) is 22.4. The summed E-state index contributed by atoms with van der Waals surface area (Å²) in [6, 6.07) is -0.311. The predicted molar refractivity (Wildman–Crippen MR) is 61.5 cm³/mol. The number of amides is 1. The van der Waals surface area contributed by atoms with E-state index in [-0.39, 0.29) is 12.5 Å². The normalized spacial score (nSPS) is 29.5. The first-order chi connectivity index (χ1) is 7.81. The molecule has 1 aliphatic carbocycles. The predicted octanol–water partition coefficient (Wildman–Crippen LogP) is 2.22. The maximum atomic E-state index is 13.1. The van der Waals surface area contributed by atoms with Crippen LogP contribution in [0.2, 0.25) is 0 Å². The van der Waals surface area contributed by atoms with Gasteiger partial charge in [-0.2, -0.15) is 0 Å². The van der Waals surface area contributed by atoms with E-state index in [1.165, 1.54) is 0 Å². The third-order valence-corrected chi connectivity index (χ3v) is 2.71. The van der Waals surface area contributed by atoms with E-state index >= 15 is 0 Å². The highest BCUT2D eigenvalue weighted by Crippen LogP contribution is 2.25. The Bertz CT molecular complexity index is 288. The zero-order valence-electron chi connectivity index (χ0n) is 10.5. The lowest BCUT2D eigenvalue weighted by Crippen LogP contribution is -2.46. The van der Waals surface area contributed by atoms with Crippen molar-refractivity contribution in [3.8, 4) is 0 Å². The van der Waals surface area contributed by atoms with E-state index in [9.17, 15) is 14.0 Å². The van der Waals surface area contributed by atoms with E-state index in [0.29, 0.717) is 19.1 Å². The minimum atomic E-state index is -0.943. The summed E-state index contributed by atoms with van der Waals surface area (Å²) in [6.07, 6.45) is 0.264. The van der Waals surface area contributed by atoms with Crippen molar-refractivity contribution in [2.24, 2.45) is 5.92 Å². The minimum Gasteiger partial charge on any atom is -0.444 e. The molecule has 3 atom stereocenters. The van der Waals surface area contributed by atoms with Crippen molar-refractivity contribution in [2.75, 3.05) is 0 Å². The number of carbonyl (C=O) groups is 2. The Morgan fingerprint density at radius 3 is 2.59 bits per heavy atom. The summed E-state index contributed by atoms with van der Waals surface area (Å²) in [6.45, 7) is 5.30. The Balaban J connectivity index is 2.49. The molecule has 0 saturated heterocycles. The van der Waals surface area contributed by atoms with Gasteiger partial charge in [-0.05, 0) is 40.0 Å². The largest absolute Gasteiger partial charge is 0.444 e. The van der Waals surface area contributed by atoms with Gasteiger partial charge in [-0.25, -0.2) is 9.18 Å². The molecule has 1 rings (SSSR count). The molecule has 5 heteroatoms. The number of carbonyl (C=O) groups excluding carboxylic acids is 2. The Hall–Kier alpha value is -1.13. The van der Waals surface area contributed by atoms with Gasteiger partial charge in [0.2, 0.25) is 0 Å². The molecule has 1 aliphatic rings. The number of halogens is 1. The lowest BCUT2D eigenvalue weighted by atomic mass is 9.84. The van der Waals surface area contributed by atoms with Gasteiger partial charge in [-0.15, -0.1) is 0 Å². The first kappa shape index (κ1) is 13.9. The van der Waals surface area contributed by atoms with Gasteiger partial charge in [0, 0.05) is 12.0 Å².